The summed E-state index contributed by atoms with van der Waals surface area (Å²) >= 11 is 0. The molecule has 2 aromatic carbocycles. The highest BCUT2D eigenvalue weighted by Crippen LogP contribution is 2.27. The number of aromatic nitrogens is 2. The highest BCUT2D eigenvalue weighted by Gasteiger charge is 2.12. The quantitative estimate of drug-likeness (QED) is 0.564. The zero-order chi connectivity index (χ0) is 18.9. The molecule has 3 heterocycles. The monoisotopic (exact) mass is 369 g/mol. The SMILES string of the molecule is OCc1cccc(-c2ccc3nc(-c4ccc(N5CCCC5)cc4)cn3c2)c1. The molecule has 2 aromatic heterocycles. The van der Waals surface area contributed by atoms with Gasteiger partial charge in [0.25, 0.3) is 0 Å². The van der Waals surface area contributed by atoms with E-state index in [0.717, 1.165) is 46.7 Å². The molecule has 5 rings (SSSR count). The molecule has 4 nitrogen and oxygen atoms in total. The Morgan fingerprint density at radius 3 is 2.39 bits per heavy atom. The topological polar surface area (TPSA) is 40.8 Å². The van der Waals surface area contributed by atoms with Crippen molar-refractivity contribution >= 4 is 11.3 Å². The molecule has 1 aliphatic rings. The number of aliphatic hydroxyl groups is 1. The fourth-order valence-electron chi connectivity index (χ4n) is 3.97. The van der Waals surface area contributed by atoms with Gasteiger partial charge in [-0.3, -0.25) is 0 Å². The normalized spacial score (nSPS) is 14.1. The average molecular weight is 369 g/mol. The minimum atomic E-state index is 0.0543. The summed E-state index contributed by atoms with van der Waals surface area (Å²) in [5.74, 6) is 0. The van der Waals surface area contributed by atoms with Gasteiger partial charge in [0.2, 0.25) is 0 Å². The Bertz CT molecular complexity index is 1110. The van der Waals surface area contributed by atoms with Crippen LogP contribution >= 0.6 is 0 Å². The molecule has 0 amide bonds. The van der Waals surface area contributed by atoms with E-state index in [9.17, 15) is 5.11 Å². The Morgan fingerprint density at radius 2 is 1.61 bits per heavy atom. The molecule has 0 bridgehead atoms. The lowest BCUT2D eigenvalue weighted by Crippen LogP contribution is -2.17. The van der Waals surface area contributed by atoms with Gasteiger partial charge in [0.15, 0.2) is 0 Å². The molecule has 1 N–H and O–H groups in total. The Kier molecular flexibility index (Phi) is 4.34. The van der Waals surface area contributed by atoms with Gasteiger partial charge in [-0.1, -0.05) is 30.3 Å². The van der Waals surface area contributed by atoms with E-state index in [0.29, 0.717) is 0 Å². The lowest BCUT2D eigenvalue weighted by Gasteiger charge is -2.17. The average Bonchev–Trinajstić information content (AvgIpc) is 3.43. The maximum atomic E-state index is 9.38. The summed E-state index contributed by atoms with van der Waals surface area (Å²) in [7, 11) is 0. The zero-order valence-corrected chi connectivity index (χ0v) is 15.8. The number of pyridine rings is 1. The van der Waals surface area contributed by atoms with Crippen LogP contribution in [-0.4, -0.2) is 27.6 Å². The highest BCUT2D eigenvalue weighted by atomic mass is 16.3. The van der Waals surface area contributed by atoms with Gasteiger partial charge >= 0.3 is 0 Å². The number of rotatable bonds is 4. The molecule has 28 heavy (non-hydrogen) atoms. The van der Waals surface area contributed by atoms with Crippen LogP contribution in [0.2, 0.25) is 0 Å². The Hall–Kier alpha value is -3.11. The molecule has 0 unspecified atom stereocenters. The largest absolute Gasteiger partial charge is 0.392 e. The Labute approximate surface area is 164 Å². The molecule has 1 saturated heterocycles. The van der Waals surface area contributed by atoms with Crippen LogP contribution in [0.15, 0.2) is 73.1 Å². The van der Waals surface area contributed by atoms with Crippen molar-refractivity contribution < 1.29 is 5.11 Å². The molecule has 0 saturated carbocycles. The second-order valence-corrected chi connectivity index (χ2v) is 7.41. The van der Waals surface area contributed by atoms with Gasteiger partial charge in [0.1, 0.15) is 5.65 Å². The Morgan fingerprint density at radius 1 is 0.821 bits per heavy atom. The van der Waals surface area contributed by atoms with Crippen molar-refractivity contribution in [2.24, 2.45) is 0 Å². The third-order valence-electron chi connectivity index (χ3n) is 5.53. The summed E-state index contributed by atoms with van der Waals surface area (Å²) in [5, 5.41) is 9.38. The van der Waals surface area contributed by atoms with Crippen LogP contribution in [-0.2, 0) is 6.61 Å². The summed E-state index contributed by atoms with van der Waals surface area (Å²) in [5.41, 5.74) is 7.47. The number of hydrogen-bond donors (Lipinski definition) is 1. The van der Waals surface area contributed by atoms with E-state index in [4.69, 9.17) is 4.98 Å². The third-order valence-corrected chi connectivity index (χ3v) is 5.53. The van der Waals surface area contributed by atoms with Crippen molar-refractivity contribution in [2.75, 3.05) is 18.0 Å². The standard InChI is InChI=1S/C24H23N3O/c28-17-18-4-3-5-20(14-18)21-8-11-24-25-23(16-27(24)15-21)19-6-9-22(10-7-19)26-12-1-2-13-26/h3-11,14-16,28H,1-2,12-13,17H2. The van der Waals surface area contributed by atoms with E-state index in [1.807, 2.05) is 24.3 Å². The summed E-state index contributed by atoms with van der Waals surface area (Å²) in [4.78, 5) is 7.23. The number of fused-ring (bicyclic) bond motifs is 1. The minimum Gasteiger partial charge on any atom is -0.392 e. The second kappa shape index (κ2) is 7.13. The van der Waals surface area contributed by atoms with Crippen molar-refractivity contribution in [3.8, 4) is 22.4 Å². The van der Waals surface area contributed by atoms with Gasteiger partial charge in [0.05, 0.1) is 12.3 Å². The van der Waals surface area contributed by atoms with E-state index in [1.54, 1.807) is 0 Å². The van der Waals surface area contributed by atoms with Gasteiger partial charge in [-0.05, 0) is 59.9 Å². The molecular weight excluding hydrogens is 346 g/mol. The number of nitrogens with zero attached hydrogens (tertiary/aromatic N) is 3. The molecule has 4 aromatic rings. The molecule has 140 valence electrons. The summed E-state index contributed by atoms with van der Waals surface area (Å²) in [6.07, 6.45) is 6.76. The first kappa shape index (κ1) is 17.0. The number of anilines is 1. The van der Waals surface area contributed by atoms with Gasteiger partial charge in [-0.2, -0.15) is 0 Å². The smallest absolute Gasteiger partial charge is 0.137 e. The van der Waals surface area contributed by atoms with Crippen molar-refractivity contribution in [3.05, 3.63) is 78.6 Å². The minimum absolute atomic E-state index is 0.0543. The summed E-state index contributed by atoms with van der Waals surface area (Å²) in [6.45, 7) is 2.38. The molecule has 0 radical (unpaired) electrons. The summed E-state index contributed by atoms with van der Waals surface area (Å²) < 4.78 is 2.07. The van der Waals surface area contributed by atoms with Crippen LogP contribution in [0.1, 0.15) is 18.4 Å². The van der Waals surface area contributed by atoms with Crippen LogP contribution in [0.25, 0.3) is 28.0 Å². The van der Waals surface area contributed by atoms with E-state index in [1.165, 1.54) is 18.5 Å². The van der Waals surface area contributed by atoms with Crippen molar-refractivity contribution in [1.29, 1.82) is 0 Å². The first-order valence-corrected chi connectivity index (χ1v) is 9.84. The number of benzene rings is 2. The van der Waals surface area contributed by atoms with Crippen LogP contribution in [0.4, 0.5) is 5.69 Å². The molecule has 1 aliphatic heterocycles. The maximum Gasteiger partial charge on any atom is 0.137 e. The summed E-state index contributed by atoms with van der Waals surface area (Å²) in [6, 6.07) is 20.9. The van der Waals surface area contributed by atoms with Crippen LogP contribution in [0.5, 0.6) is 0 Å². The van der Waals surface area contributed by atoms with Gasteiger partial charge in [-0.15, -0.1) is 0 Å². The first-order chi connectivity index (χ1) is 13.8. The van der Waals surface area contributed by atoms with Crippen molar-refractivity contribution in [2.45, 2.75) is 19.4 Å². The number of aliphatic hydroxyl groups excluding tert-OH is 1. The highest BCUT2D eigenvalue weighted by molar-refractivity contribution is 5.69. The lowest BCUT2D eigenvalue weighted by atomic mass is 10.1. The number of hydrogen-bond acceptors (Lipinski definition) is 3. The molecule has 0 spiro atoms. The fourth-order valence-corrected chi connectivity index (χ4v) is 3.97. The van der Waals surface area contributed by atoms with E-state index in [-0.39, 0.29) is 6.61 Å². The first-order valence-electron chi connectivity index (χ1n) is 9.84. The zero-order valence-electron chi connectivity index (χ0n) is 15.8. The van der Waals surface area contributed by atoms with Crippen molar-refractivity contribution in [1.82, 2.24) is 9.38 Å². The van der Waals surface area contributed by atoms with Crippen molar-refractivity contribution in [3.63, 3.8) is 0 Å². The number of imidazole rings is 1. The van der Waals surface area contributed by atoms with Crippen LogP contribution < -0.4 is 4.90 Å². The van der Waals surface area contributed by atoms with Crippen LogP contribution in [0.3, 0.4) is 0 Å². The molecule has 0 aliphatic carbocycles. The van der Waals surface area contributed by atoms with Gasteiger partial charge in [-0.25, -0.2) is 4.98 Å². The van der Waals surface area contributed by atoms with E-state index in [2.05, 4.69) is 58.1 Å². The lowest BCUT2D eigenvalue weighted by molar-refractivity contribution is 0.282. The molecular formula is C24H23N3O. The predicted molar refractivity (Wildman–Crippen MR) is 113 cm³/mol. The third kappa shape index (κ3) is 3.16. The van der Waals surface area contributed by atoms with Gasteiger partial charge < -0.3 is 14.4 Å². The van der Waals surface area contributed by atoms with Gasteiger partial charge in [0, 0.05) is 36.7 Å². The molecule has 0 atom stereocenters. The van der Waals surface area contributed by atoms with Crippen LogP contribution in [0, 0.1) is 0 Å². The fraction of sp³-hybridized carbons (Fsp3) is 0.208. The maximum absolute atomic E-state index is 9.38. The molecule has 1 fully saturated rings. The van der Waals surface area contributed by atoms with E-state index >= 15 is 0 Å². The predicted octanol–water partition coefficient (Wildman–Crippen LogP) is 4.76. The second-order valence-electron chi connectivity index (χ2n) is 7.41. The Balaban J connectivity index is 1.46. The van der Waals surface area contributed by atoms with E-state index < -0.39 is 0 Å². The molecule has 4 heteroatoms.